The SMILES string of the molecule is COCCCN(CCOC)S(=O)(=O)c1c(CCl)n[nH]c1C. The van der Waals surface area contributed by atoms with Gasteiger partial charge in [-0.2, -0.15) is 9.40 Å². The van der Waals surface area contributed by atoms with Crippen LogP contribution in [0.2, 0.25) is 0 Å². The Bertz CT molecular complexity index is 533. The molecular formula is C12H22ClN3O4S. The number of sulfonamides is 1. The molecule has 1 rings (SSSR count). The second kappa shape index (κ2) is 8.70. The zero-order valence-electron chi connectivity index (χ0n) is 12.6. The Morgan fingerprint density at radius 3 is 2.48 bits per heavy atom. The molecule has 0 unspecified atom stereocenters. The molecule has 0 fully saturated rings. The van der Waals surface area contributed by atoms with Gasteiger partial charge >= 0.3 is 0 Å². The van der Waals surface area contributed by atoms with Crippen molar-refractivity contribution in [2.45, 2.75) is 24.1 Å². The molecule has 1 aromatic rings. The van der Waals surface area contributed by atoms with E-state index in [-0.39, 0.29) is 17.3 Å². The number of halogens is 1. The third kappa shape index (κ3) is 4.65. The lowest BCUT2D eigenvalue weighted by molar-refractivity contribution is 0.164. The highest BCUT2D eigenvalue weighted by atomic mass is 35.5. The number of alkyl halides is 1. The van der Waals surface area contributed by atoms with Crippen LogP contribution in [-0.4, -0.2) is 63.4 Å². The van der Waals surface area contributed by atoms with Crippen LogP contribution in [0.15, 0.2) is 4.90 Å². The van der Waals surface area contributed by atoms with Gasteiger partial charge in [0.1, 0.15) is 4.90 Å². The molecule has 0 amide bonds. The normalized spacial score (nSPS) is 12.2. The highest BCUT2D eigenvalue weighted by Crippen LogP contribution is 2.23. The van der Waals surface area contributed by atoms with Crippen molar-refractivity contribution in [2.75, 3.05) is 40.5 Å². The van der Waals surface area contributed by atoms with Gasteiger partial charge in [0.15, 0.2) is 0 Å². The lowest BCUT2D eigenvalue weighted by Gasteiger charge is -2.22. The monoisotopic (exact) mass is 339 g/mol. The molecular weight excluding hydrogens is 318 g/mol. The van der Waals surface area contributed by atoms with E-state index in [1.807, 2.05) is 0 Å². The lowest BCUT2D eigenvalue weighted by atomic mass is 10.4. The molecule has 9 heteroatoms. The van der Waals surface area contributed by atoms with Gasteiger partial charge < -0.3 is 9.47 Å². The fourth-order valence-corrected chi connectivity index (χ4v) is 4.03. The summed E-state index contributed by atoms with van der Waals surface area (Å²) in [6.07, 6.45) is 0.604. The van der Waals surface area contributed by atoms with Crippen LogP contribution in [0.3, 0.4) is 0 Å². The molecule has 0 saturated carbocycles. The number of hydrogen-bond donors (Lipinski definition) is 1. The molecule has 0 spiro atoms. The van der Waals surface area contributed by atoms with Crippen LogP contribution in [-0.2, 0) is 25.4 Å². The number of aromatic nitrogens is 2. The van der Waals surface area contributed by atoms with Gasteiger partial charge in [0.2, 0.25) is 10.0 Å². The van der Waals surface area contributed by atoms with E-state index in [1.165, 1.54) is 11.4 Å². The van der Waals surface area contributed by atoms with Crippen molar-refractivity contribution in [1.82, 2.24) is 14.5 Å². The second-order valence-electron chi connectivity index (χ2n) is 4.50. The summed E-state index contributed by atoms with van der Waals surface area (Å²) >= 11 is 5.78. The third-order valence-electron chi connectivity index (χ3n) is 2.99. The van der Waals surface area contributed by atoms with Gasteiger partial charge in [-0.1, -0.05) is 0 Å². The van der Waals surface area contributed by atoms with Gasteiger partial charge in [0, 0.05) is 33.9 Å². The van der Waals surface area contributed by atoms with Crippen LogP contribution >= 0.6 is 11.6 Å². The van der Waals surface area contributed by atoms with Crippen molar-refractivity contribution in [3.8, 4) is 0 Å². The summed E-state index contributed by atoms with van der Waals surface area (Å²) in [7, 11) is -0.546. The maximum Gasteiger partial charge on any atom is 0.246 e. The largest absolute Gasteiger partial charge is 0.385 e. The Hall–Kier alpha value is -0.670. The van der Waals surface area contributed by atoms with E-state index >= 15 is 0 Å². The van der Waals surface area contributed by atoms with Crippen LogP contribution in [0.5, 0.6) is 0 Å². The summed E-state index contributed by atoms with van der Waals surface area (Å²) in [6.45, 7) is 3.10. The zero-order valence-corrected chi connectivity index (χ0v) is 14.1. The van der Waals surface area contributed by atoms with Gasteiger partial charge in [-0.25, -0.2) is 8.42 Å². The van der Waals surface area contributed by atoms with Crippen molar-refractivity contribution in [1.29, 1.82) is 0 Å². The summed E-state index contributed by atoms with van der Waals surface area (Å²) < 4.78 is 37.0. The first-order valence-corrected chi connectivity index (χ1v) is 8.54. The molecule has 0 aliphatic carbocycles. The smallest absolute Gasteiger partial charge is 0.246 e. The van der Waals surface area contributed by atoms with Crippen LogP contribution < -0.4 is 0 Å². The quantitative estimate of drug-likeness (QED) is 0.510. The number of hydrogen-bond acceptors (Lipinski definition) is 5. The molecule has 0 saturated heterocycles. The summed E-state index contributed by atoms with van der Waals surface area (Å²) in [5.74, 6) is 0.0368. The Morgan fingerprint density at radius 1 is 1.24 bits per heavy atom. The molecule has 0 radical (unpaired) electrons. The average molecular weight is 340 g/mol. The fraction of sp³-hybridized carbons (Fsp3) is 0.750. The summed E-state index contributed by atoms with van der Waals surface area (Å²) in [5, 5.41) is 6.62. The molecule has 21 heavy (non-hydrogen) atoms. The lowest BCUT2D eigenvalue weighted by Crippen LogP contribution is -2.35. The van der Waals surface area contributed by atoms with E-state index in [0.717, 1.165) is 0 Å². The highest BCUT2D eigenvalue weighted by molar-refractivity contribution is 7.89. The molecule has 1 heterocycles. The molecule has 1 aromatic heterocycles. The van der Waals surface area contributed by atoms with E-state index in [1.54, 1.807) is 14.0 Å². The maximum atomic E-state index is 12.8. The van der Waals surface area contributed by atoms with E-state index in [0.29, 0.717) is 37.6 Å². The van der Waals surface area contributed by atoms with Crippen molar-refractivity contribution in [2.24, 2.45) is 0 Å². The first-order chi connectivity index (χ1) is 9.98. The topological polar surface area (TPSA) is 84.5 Å². The average Bonchev–Trinajstić information content (AvgIpc) is 2.84. The van der Waals surface area contributed by atoms with Gasteiger partial charge in [-0.15, -0.1) is 11.6 Å². The van der Waals surface area contributed by atoms with Crippen molar-refractivity contribution in [3.05, 3.63) is 11.4 Å². The van der Waals surface area contributed by atoms with Crippen molar-refractivity contribution < 1.29 is 17.9 Å². The van der Waals surface area contributed by atoms with E-state index in [4.69, 9.17) is 21.1 Å². The summed E-state index contributed by atoms with van der Waals surface area (Å²) in [6, 6.07) is 0. The minimum atomic E-state index is -3.66. The standard InChI is InChI=1S/C12H22ClN3O4S/c1-10-12(11(9-13)15-14-10)21(17,18)16(6-8-20-3)5-4-7-19-2/h4-9H2,1-3H3,(H,14,15). The van der Waals surface area contributed by atoms with Crippen LogP contribution in [0, 0.1) is 6.92 Å². The van der Waals surface area contributed by atoms with E-state index in [9.17, 15) is 8.42 Å². The van der Waals surface area contributed by atoms with Gasteiger partial charge in [0.25, 0.3) is 0 Å². The second-order valence-corrected chi connectivity index (χ2v) is 6.64. The number of H-pyrrole nitrogens is 1. The van der Waals surface area contributed by atoms with Crippen LogP contribution in [0.25, 0.3) is 0 Å². The minimum Gasteiger partial charge on any atom is -0.385 e. The third-order valence-corrected chi connectivity index (χ3v) is 5.34. The first-order valence-electron chi connectivity index (χ1n) is 6.56. The van der Waals surface area contributed by atoms with E-state index < -0.39 is 10.0 Å². The molecule has 0 atom stereocenters. The molecule has 0 aliphatic rings. The fourth-order valence-electron chi connectivity index (χ4n) is 1.96. The summed E-state index contributed by atoms with van der Waals surface area (Å²) in [4.78, 5) is 0.158. The molecule has 0 aromatic carbocycles. The number of rotatable bonds is 10. The highest BCUT2D eigenvalue weighted by Gasteiger charge is 2.30. The van der Waals surface area contributed by atoms with Crippen LogP contribution in [0.4, 0.5) is 0 Å². The zero-order chi connectivity index (χ0) is 15.9. The molecule has 7 nitrogen and oxygen atoms in total. The number of nitrogens with zero attached hydrogens (tertiary/aromatic N) is 2. The predicted molar refractivity (Wildman–Crippen MR) is 80.0 cm³/mol. The predicted octanol–water partition coefficient (Wildman–Crippen LogP) is 1.13. The van der Waals surface area contributed by atoms with Gasteiger partial charge in [-0.05, 0) is 13.3 Å². The molecule has 0 bridgehead atoms. The Kier molecular flexibility index (Phi) is 7.61. The number of aromatic amines is 1. The van der Waals surface area contributed by atoms with Gasteiger partial charge in [0.05, 0.1) is 23.9 Å². The minimum absolute atomic E-state index is 0.0368. The van der Waals surface area contributed by atoms with Crippen molar-refractivity contribution >= 4 is 21.6 Å². The Labute approximate surface area is 130 Å². The Balaban J connectivity index is 3.04. The van der Waals surface area contributed by atoms with E-state index in [2.05, 4.69) is 10.2 Å². The van der Waals surface area contributed by atoms with Crippen molar-refractivity contribution in [3.63, 3.8) is 0 Å². The molecule has 1 N–H and O–H groups in total. The number of methoxy groups -OCH3 is 2. The summed E-state index contributed by atoms with van der Waals surface area (Å²) in [5.41, 5.74) is 0.822. The molecule has 122 valence electrons. The first kappa shape index (κ1) is 18.4. The maximum absolute atomic E-state index is 12.8. The van der Waals surface area contributed by atoms with Gasteiger partial charge in [-0.3, -0.25) is 5.10 Å². The Morgan fingerprint density at radius 2 is 1.90 bits per heavy atom. The molecule has 0 aliphatic heterocycles. The number of aryl methyl sites for hydroxylation is 1. The number of ether oxygens (including phenoxy) is 2. The number of nitrogens with one attached hydrogen (secondary N) is 1. The van der Waals surface area contributed by atoms with Crippen LogP contribution in [0.1, 0.15) is 17.8 Å².